The summed E-state index contributed by atoms with van der Waals surface area (Å²) in [5.41, 5.74) is 1.98. The number of aliphatic carboxylic acids is 1. The Labute approximate surface area is 135 Å². The van der Waals surface area contributed by atoms with Crippen LogP contribution in [-0.2, 0) is 4.79 Å². The Hall–Kier alpha value is -2.63. The molecule has 2 rings (SSSR count). The van der Waals surface area contributed by atoms with Crippen molar-refractivity contribution in [2.45, 2.75) is 27.7 Å². The van der Waals surface area contributed by atoms with E-state index in [1.165, 1.54) is 7.11 Å². The Morgan fingerprint density at radius 3 is 2.52 bits per heavy atom. The van der Waals surface area contributed by atoms with Crippen molar-refractivity contribution in [3.8, 4) is 11.6 Å². The zero-order valence-corrected chi connectivity index (χ0v) is 14.0. The second kappa shape index (κ2) is 6.24. The molecule has 2 heterocycles. The zero-order chi connectivity index (χ0) is 17.2. The molecular formula is C17H21N3O3. The molecule has 2 aromatic rings. The quantitative estimate of drug-likeness (QED) is 0.877. The average Bonchev–Trinajstić information content (AvgIpc) is 2.89. The lowest BCUT2D eigenvalue weighted by molar-refractivity contribution is -0.133. The summed E-state index contributed by atoms with van der Waals surface area (Å²) in [7, 11) is 1.53. The third kappa shape index (κ3) is 3.77. The molecule has 0 amide bonds. The van der Waals surface area contributed by atoms with Crippen LogP contribution in [0.3, 0.4) is 0 Å². The number of hydrogen-bond donors (Lipinski definition) is 1. The highest BCUT2D eigenvalue weighted by Crippen LogP contribution is 2.28. The van der Waals surface area contributed by atoms with Crippen LogP contribution in [-0.4, -0.2) is 32.7 Å². The van der Waals surface area contributed by atoms with Gasteiger partial charge in [0, 0.05) is 11.8 Å². The van der Waals surface area contributed by atoms with Gasteiger partial charge in [0.15, 0.2) is 0 Å². The number of rotatable bonds is 4. The Bertz CT molecular complexity index is 755. The van der Waals surface area contributed by atoms with Crippen LogP contribution in [0.1, 0.15) is 32.2 Å². The van der Waals surface area contributed by atoms with Gasteiger partial charge < -0.3 is 14.4 Å². The number of methoxy groups -OCH3 is 1. The van der Waals surface area contributed by atoms with Crippen molar-refractivity contribution in [3.05, 3.63) is 41.6 Å². The van der Waals surface area contributed by atoms with Crippen LogP contribution in [0.5, 0.6) is 5.88 Å². The van der Waals surface area contributed by atoms with E-state index in [-0.39, 0.29) is 0 Å². The molecule has 0 atom stereocenters. The fourth-order valence-electron chi connectivity index (χ4n) is 2.17. The van der Waals surface area contributed by atoms with Crippen LogP contribution in [0.15, 0.2) is 30.2 Å². The van der Waals surface area contributed by atoms with Gasteiger partial charge in [-0.3, -0.25) is 0 Å². The van der Waals surface area contributed by atoms with Crippen LogP contribution in [0.25, 0.3) is 11.8 Å². The predicted molar refractivity (Wildman–Crippen MR) is 87.7 cm³/mol. The molecular weight excluding hydrogens is 294 g/mol. The third-order valence-electron chi connectivity index (χ3n) is 3.38. The second-order valence-electron chi connectivity index (χ2n) is 6.30. The number of hydrogen-bond acceptors (Lipinski definition) is 4. The molecule has 0 unspecified atom stereocenters. The van der Waals surface area contributed by atoms with Crippen LogP contribution in [0.2, 0.25) is 0 Å². The van der Waals surface area contributed by atoms with E-state index in [0.717, 1.165) is 11.4 Å². The number of carbonyl (C=O) groups is 1. The maximum Gasteiger partial charge on any atom is 0.332 e. The van der Waals surface area contributed by atoms with E-state index in [4.69, 9.17) is 4.74 Å². The van der Waals surface area contributed by atoms with Crippen molar-refractivity contribution >= 4 is 12.0 Å². The molecule has 0 aliphatic carbocycles. The van der Waals surface area contributed by atoms with E-state index in [9.17, 15) is 9.90 Å². The van der Waals surface area contributed by atoms with Gasteiger partial charge in [-0.15, -0.1) is 0 Å². The number of carboxylic acid groups (broad SMARTS) is 1. The van der Waals surface area contributed by atoms with E-state index in [1.807, 2.05) is 44.5 Å². The number of nitrogens with zero attached hydrogens (tertiary/aromatic N) is 3. The number of aryl methyl sites for hydroxylation is 1. The first-order valence-electron chi connectivity index (χ1n) is 7.24. The molecule has 1 N–H and O–H groups in total. The van der Waals surface area contributed by atoms with E-state index in [0.29, 0.717) is 17.1 Å². The first kappa shape index (κ1) is 16.7. The van der Waals surface area contributed by atoms with Gasteiger partial charge in [0.2, 0.25) is 5.88 Å². The van der Waals surface area contributed by atoms with E-state index < -0.39 is 11.4 Å². The Morgan fingerprint density at radius 2 is 2.04 bits per heavy atom. The SMILES string of the molecule is COc1nc(/C=C(/C(=O)O)C(C)(C)C)ccc1-n1cnc(C)c1. The number of aromatic nitrogens is 3. The molecule has 0 aliphatic heterocycles. The molecule has 0 fully saturated rings. The number of carboxylic acids is 1. The molecule has 2 aromatic heterocycles. The fraction of sp³-hybridized carbons (Fsp3) is 0.353. The van der Waals surface area contributed by atoms with Crippen LogP contribution in [0.4, 0.5) is 0 Å². The lowest BCUT2D eigenvalue weighted by Gasteiger charge is -2.19. The largest absolute Gasteiger partial charge is 0.479 e. The maximum atomic E-state index is 11.5. The molecule has 0 aromatic carbocycles. The topological polar surface area (TPSA) is 77.2 Å². The predicted octanol–water partition coefficient (Wildman–Crippen LogP) is 3.10. The van der Waals surface area contributed by atoms with Gasteiger partial charge >= 0.3 is 5.97 Å². The van der Waals surface area contributed by atoms with E-state index in [1.54, 1.807) is 18.5 Å². The summed E-state index contributed by atoms with van der Waals surface area (Å²) in [6.45, 7) is 7.46. The van der Waals surface area contributed by atoms with Crippen molar-refractivity contribution in [1.29, 1.82) is 0 Å². The summed E-state index contributed by atoms with van der Waals surface area (Å²) in [6.07, 6.45) is 5.13. The molecule has 0 radical (unpaired) electrons. The van der Waals surface area contributed by atoms with Crippen molar-refractivity contribution in [3.63, 3.8) is 0 Å². The van der Waals surface area contributed by atoms with Crippen LogP contribution < -0.4 is 4.74 Å². The standard InChI is InChI=1S/C17H21N3O3/c1-11-9-20(10-18-11)14-7-6-12(19-15(14)23-5)8-13(16(21)22)17(2,3)4/h6-10H,1-5H3,(H,21,22)/b13-8-. The monoisotopic (exact) mass is 315 g/mol. The van der Waals surface area contributed by atoms with Crippen molar-refractivity contribution in [1.82, 2.24) is 14.5 Å². The first-order chi connectivity index (χ1) is 10.7. The lowest BCUT2D eigenvalue weighted by Crippen LogP contribution is -2.17. The average molecular weight is 315 g/mol. The summed E-state index contributed by atoms with van der Waals surface area (Å²) < 4.78 is 7.16. The van der Waals surface area contributed by atoms with Gasteiger partial charge in [-0.25, -0.2) is 14.8 Å². The minimum Gasteiger partial charge on any atom is -0.479 e. The Kier molecular flexibility index (Phi) is 4.54. The zero-order valence-electron chi connectivity index (χ0n) is 14.0. The number of pyridine rings is 1. The maximum absolute atomic E-state index is 11.5. The Morgan fingerprint density at radius 1 is 1.35 bits per heavy atom. The van der Waals surface area contributed by atoms with Gasteiger partial charge in [0.1, 0.15) is 5.69 Å². The highest BCUT2D eigenvalue weighted by Gasteiger charge is 2.23. The Balaban J connectivity index is 2.49. The summed E-state index contributed by atoms with van der Waals surface area (Å²) >= 11 is 0. The van der Waals surface area contributed by atoms with Crippen molar-refractivity contribution in [2.75, 3.05) is 7.11 Å². The smallest absolute Gasteiger partial charge is 0.332 e. The van der Waals surface area contributed by atoms with Crippen LogP contribution in [0, 0.1) is 12.3 Å². The van der Waals surface area contributed by atoms with Gasteiger partial charge in [0.25, 0.3) is 0 Å². The highest BCUT2D eigenvalue weighted by atomic mass is 16.5. The molecule has 0 saturated heterocycles. The minimum atomic E-state index is -0.951. The summed E-state index contributed by atoms with van der Waals surface area (Å²) in [6, 6.07) is 3.60. The minimum absolute atomic E-state index is 0.290. The van der Waals surface area contributed by atoms with Gasteiger partial charge in [-0.05, 0) is 30.5 Å². The van der Waals surface area contributed by atoms with Gasteiger partial charge in [-0.2, -0.15) is 0 Å². The van der Waals surface area contributed by atoms with Gasteiger partial charge in [-0.1, -0.05) is 20.8 Å². The molecule has 0 aliphatic rings. The lowest BCUT2D eigenvalue weighted by atomic mass is 9.86. The van der Waals surface area contributed by atoms with Crippen molar-refractivity contribution < 1.29 is 14.6 Å². The fourth-order valence-corrected chi connectivity index (χ4v) is 2.17. The van der Waals surface area contributed by atoms with E-state index >= 15 is 0 Å². The number of imidazole rings is 1. The molecule has 6 nitrogen and oxygen atoms in total. The molecule has 122 valence electrons. The molecule has 23 heavy (non-hydrogen) atoms. The van der Waals surface area contributed by atoms with Crippen molar-refractivity contribution in [2.24, 2.45) is 5.41 Å². The molecule has 0 bridgehead atoms. The number of ether oxygens (including phenoxy) is 1. The highest BCUT2D eigenvalue weighted by molar-refractivity contribution is 5.93. The third-order valence-corrected chi connectivity index (χ3v) is 3.38. The van der Waals surface area contributed by atoms with Crippen LogP contribution >= 0.6 is 0 Å². The summed E-state index contributed by atoms with van der Waals surface area (Å²) in [5, 5.41) is 9.39. The summed E-state index contributed by atoms with van der Waals surface area (Å²) in [4.78, 5) is 20.0. The molecule has 0 saturated carbocycles. The normalized spacial score (nSPS) is 12.3. The van der Waals surface area contributed by atoms with Gasteiger partial charge in [0.05, 0.1) is 24.8 Å². The first-order valence-corrected chi connectivity index (χ1v) is 7.24. The molecule has 0 spiro atoms. The summed E-state index contributed by atoms with van der Waals surface area (Å²) in [5.74, 6) is -0.539. The van der Waals surface area contributed by atoms with E-state index in [2.05, 4.69) is 9.97 Å². The molecule has 6 heteroatoms. The second-order valence-corrected chi connectivity index (χ2v) is 6.30.